The average Bonchev–Trinajstić information content (AvgIpc) is 2.16. The number of hydrogen-bond donors (Lipinski definition) is 2. The number of aromatic nitrogens is 2. The second-order valence-corrected chi connectivity index (χ2v) is 3.91. The van der Waals surface area contributed by atoms with Gasteiger partial charge in [-0.2, -0.15) is 0 Å². The first-order valence-corrected chi connectivity index (χ1v) is 5.19. The molecule has 0 spiro atoms. The summed E-state index contributed by atoms with van der Waals surface area (Å²) >= 11 is 2.14. The molecule has 72 valence electrons. The van der Waals surface area contributed by atoms with Crippen molar-refractivity contribution in [1.82, 2.24) is 9.97 Å². The number of hydrogen-bond acceptors (Lipinski definition) is 4. The van der Waals surface area contributed by atoms with Crippen molar-refractivity contribution in [2.45, 2.75) is 19.4 Å². The van der Waals surface area contributed by atoms with Gasteiger partial charge in [0.15, 0.2) is 0 Å². The minimum atomic E-state index is -0.331. The molecule has 0 aliphatic heterocycles. The maximum Gasteiger partial charge on any atom is 0.222 e. The fraction of sp³-hybridized carbons (Fsp3) is 0.500. The number of aliphatic hydroxyl groups is 1. The summed E-state index contributed by atoms with van der Waals surface area (Å²) in [6, 6.07) is 0. The average molecular weight is 293 g/mol. The number of aliphatic hydroxyl groups excluding tert-OH is 1. The van der Waals surface area contributed by atoms with Gasteiger partial charge in [0.05, 0.1) is 6.10 Å². The Morgan fingerprint density at radius 2 is 2.15 bits per heavy atom. The topological polar surface area (TPSA) is 58.0 Å². The second kappa shape index (κ2) is 5.33. The van der Waals surface area contributed by atoms with Crippen LogP contribution in [-0.2, 0) is 0 Å². The summed E-state index contributed by atoms with van der Waals surface area (Å²) in [5.74, 6) is 0.563. The van der Waals surface area contributed by atoms with Crippen molar-refractivity contribution < 1.29 is 5.11 Å². The van der Waals surface area contributed by atoms with E-state index in [4.69, 9.17) is 0 Å². The smallest absolute Gasteiger partial charge is 0.222 e. The van der Waals surface area contributed by atoms with E-state index in [1.54, 1.807) is 12.4 Å². The molecule has 1 rings (SSSR count). The number of halogens is 1. The van der Waals surface area contributed by atoms with Crippen LogP contribution < -0.4 is 5.32 Å². The van der Waals surface area contributed by atoms with Gasteiger partial charge < -0.3 is 10.4 Å². The van der Waals surface area contributed by atoms with Crippen LogP contribution in [0.3, 0.4) is 0 Å². The maximum atomic E-state index is 9.25. The number of nitrogens with zero attached hydrogens (tertiary/aromatic N) is 2. The van der Waals surface area contributed by atoms with Crippen molar-refractivity contribution >= 4 is 28.5 Å². The number of rotatable bonds is 4. The summed E-state index contributed by atoms with van der Waals surface area (Å²) in [7, 11) is 0. The summed E-state index contributed by atoms with van der Waals surface area (Å²) in [5, 5.41) is 12.2. The third-order valence-electron chi connectivity index (χ3n) is 1.59. The fourth-order valence-corrected chi connectivity index (χ4v) is 1.04. The van der Waals surface area contributed by atoms with E-state index in [2.05, 4.69) is 37.9 Å². The Morgan fingerprint density at radius 1 is 1.54 bits per heavy atom. The molecule has 0 saturated heterocycles. The van der Waals surface area contributed by atoms with Gasteiger partial charge in [0.1, 0.15) is 0 Å². The van der Waals surface area contributed by atoms with Gasteiger partial charge in [-0.05, 0) is 29.0 Å². The van der Waals surface area contributed by atoms with Gasteiger partial charge in [-0.1, -0.05) is 6.92 Å². The predicted molar refractivity (Wildman–Crippen MR) is 59.5 cm³/mol. The van der Waals surface area contributed by atoms with Gasteiger partial charge in [-0.3, -0.25) is 0 Å². The first-order chi connectivity index (χ1) is 6.22. The molecule has 4 nitrogen and oxygen atoms in total. The van der Waals surface area contributed by atoms with Gasteiger partial charge in [0.25, 0.3) is 0 Å². The molecule has 0 aromatic carbocycles. The summed E-state index contributed by atoms with van der Waals surface area (Å²) in [6.45, 7) is 2.43. The zero-order valence-electron chi connectivity index (χ0n) is 7.37. The van der Waals surface area contributed by atoms with Crippen molar-refractivity contribution in [3.05, 3.63) is 16.0 Å². The van der Waals surface area contributed by atoms with Gasteiger partial charge in [0.2, 0.25) is 5.95 Å². The number of anilines is 1. The summed E-state index contributed by atoms with van der Waals surface area (Å²) in [6.07, 6.45) is 3.86. The van der Waals surface area contributed by atoms with Crippen LogP contribution >= 0.6 is 22.6 Å². The van der Waals surface area contributed by atoms with E-state index >= 15 is 0 Å². The molecule has 0 saturated carbocycles. The van der Waals surface area contributed by atoms with Crippen LogP contribution in [0, 0.1) is 3.57 Å². The third kappa shape index (κ3) is 3.86. The highest BCUT2D eigenvalue weighted by molar-refractivity contribution is 14.1. The van der Waals surface area contributed by atoms with E-state index < -0.39 is 0 Å². The van der Waals surface area contributed by atoms with Crippen molar-refractivity contribution in [2.75, 3.05) is 11.9 Å². The van der Waals surface area contributed by atoms with Crippen LogP contribution in [0.5, 0.6) is 0 Å². The highest BCUT2D eigenvalue weighted by atomic mass is 127. The zero-order chi connectivity index (χ0) is 9.68. The lowest BCUT2D eigenvalue weighted by Crippen LogP contribution is -2.19. The molecule has 0 bridgehead atoms. The van der Waals surface area contributed by atoms with E-state index in [9.17, 15) is 5.11 Å². The van der Waals surface area contributed by atoms with Gasteiger partial charge >= 0.3 is 0 Å². The minimum absolute atomic E-state index is 0.331. The molecule has 1 aromatic rings. The minimum Gasteiger partial charge on any atom is -0.391 e. The molecule has 0 radical (unpaired) electrons. The Hall–Kier alpha value is -0.430. The molecule has 1 unspecified atom stereocenters. The van der Waals surface area contributed by atoms with E-state index in [1.165, 1.54) is 0 Å². The number of nitrogens with one attached hydrogen (secondary N) is 1. The van der Waals surface area contributed by atoms with Crippen LogP contribution in [0.25, 0.3) is 0 Å². The van der Waals surface area contributed by atoms with Crippen molar-refractivity contribution in [3.63, 3.8) is 0 Å². The molecule has 0 aliphatic rings. The van der Waals surface area contributed by atoms with Gasteiger partial charge in [-0.15, -0.1) is 0 Å². The van der Waals surface area contributed by atoms with Crippen molar-refractivity contribution in [3.8, 4) is 0 Å². The molecule has 0 fully saturated rings. The third-order valence-corrected chi connectivity index (χ3v) is 2.14. The predicted octanol–water partition coefficient (Wildman–Crippen LogP) is 1.26. The zero-order valence-corrected chi connectivity index (χ0v) is 9.52. The van der Waals surface area contributed by atoms with Crippen LogP contribution in [-0.4, -0.2) is 27.7 Å². The molecule has 5 heteroatoms. The molecule has 0 aliphatic carbocycles. The molecule has 2 N–H and O–H groups in total. The molecular weight excluding hydrogens is 281 g/mol. The highest BCUT2D eigenvalue weighted by Crippen LogP contribution is 2.02. The highest BCUT2D eigenvalue weighted by Gasteiger charge is 2.00. The molecular formula is C8H12IN3O. The Labute approximate surface area is 90.9 Å². The van der Waals surface area contributed by atoms with Crippen LogP contribution in [0.1, 0.15) is 13.3 Å². The normalized spacial score (nSPS) is 12.5. The quantitative estimate of drug-likeness (QED) is 0.821. The lowest BCUT2D eigenvalue weighted by atomic mass is 10.3. The lowest BCUT2D eigenvalue weighted by molar-refractivity contribution is 0.183. The first-order valence-electron chi connectivity index (χ1n) is 4.12. The van der Waals surface area contributed by atoms with E-state index in [0.717, 1.165) is 9.99 Å². The van der Waals surface area contributed by atoms with Crippen molar-refractivity contribution in [2.24, 2.45) is 0 Å². The molecule has 13 heavy (non-hydrogen) atoms. The van der Waals surface area contributed by atoms with Crippen LogP contribution in [0.2, 0.25) is 0 Å². The molecule has 1 heterocycles. The summed E-state index contributed by atoms with van der Waals surface area (Å²) < 4.78 is 0.999. The second-order valence-electron chi connectivity index (χ2n) is 2.67. The molecule has 1 atom stereocenters. The van der Waals surface area contributed by atoms with Gasteiger partial charge in [0, 0.05) is 22.5 Å². The first kappa shape index (κ1) is 10.6. The Morgan fingerprint density at radius 3 is 2.69 bits per heavy atom. The van der Waals surface area contributed by atoms with Crippen molar-refractivity contribution in [1.29, 1.82) is 0 Å². The fourth-order valence-electron chi connectivity index (χ4n) is 0.757. The van der Waals surface area contributed by atoms with E-state index in [1.807, 2.05) is 6.92 Å². The summed E-state index contributed by atoms with van der Waals surface area (Å²) in [4.78, 5) is 8.09. The molecule has 1 aromatic heterocycles. The molecule has 0 amide bonds. The summed E-state index contributed by atoms with van der Waals surface area (Å²) in [5.41, 5.74) is 0. The Balaban J connectivity index is 2.41. The largest absolute Gasteiger partial charge is 0.391 e. The van der Waals surface area contributed by atoms with Crippen LogP contribution in [0.4, 0.5) is 5.95 Å². The van der Waals surface area contributed by atoms with E-state index in [0.29, 0.717) is 12.5 Å². The Kier molecular flexibility index (Phi) is 4.37. The SMILES string of the molecule is CCC(O)CNc1ncc(I)cn1. The maximum absolute atomic E-state index is 9.25. The van der Waals surface area contributed by atoms with E-state index in [-0.39, 0.29) is 6.10 Å². The Bertz CT molecular complexity index is 252. The standard InChI is InChI=1S/C8H12IN3O/c1-2-7(13)5-12-8-10-3-6(9)4-11-8/h3-4,7,13H,2,5H2,1H3,(H,10,11,12). The monoisotopic (exact) mass is 293 g/mol. The van der Waals surface area contributed by atoms with Gasteiger partial charge in [-0.25, -0.2) is 9.97 Å². The van der Waals surface area contributed by atoms with Crippen LogP contribution in [0.15, 0.2) is 12.4 Å². The lowest BCUT2D eigenvalue weighted by Gasteiger charge is -2.08.